The third-order valence-corrected chi connectivity index (χ3v) is 2.34. The van der Waals surface area contributed by atoms with Gasteiger partial charge >= 0.3 is 0 Å². The van der Waals surface area contributed by atoms with Gasteiger partial charge in [-0.05, 0) is 5.56 Å². The summed E-state index contributed by atoms with van der Waals surface area (Å²) in [6.45, 7) is 0.589. The van der Waals surface area contributed by atoms with Gasteiger partial charge in [-0.2, -0.15) is 0 Å². The summed E-state index contributed by atoms with van der Waals surface area (Å²) in [6.07, 6.45) is 0. The largest absolute Gasteiger partial charge is 0.480 e. The highest BCUT2D eigenvalue weighted by Crippen LogP contribution is 2.27. The minimum absolute atomic E-state index is 0.299. The molecule has 1 aromatic carbocycles. The molecule has 0 atom stereocenters. The molecular weight excluding hydrogens is 204 g/mol. The Hall–Kier alpha value is -2.17. The molecule has 4 N–H and O–H groups in total. The second-order valence-electron chi connectivity index (χ2n) is 3.45. The van der Waals surface area contributed by atoms with Crippen LogP contribution >= 0.6 is 0 Å². The Bertz CT molecular complexity index is 478. The Morgan fingerprint density at radius 3 is 2.56 bits per heavy atom. The summed E-state index contributed by atoms with van der Waals surface area (Å²) in [5.41, 5.74) is 12.9. The van der Waals surface area contributed by atoms with Crippen molar-refractivity contribution in [2.75, 3.05) is 18.6 Å². The number of anilines is 2. The van der Waals surface area contributed by atoms with Gasteiger partial charge in [0.2, 0.25) is 5.88 Å². The van der Waals surface area contributed by atoms with Crippen LogP contribution in [0.3, 0.4) is 0 Å². The number of rotatable bonds is 3. The first kappa shape index (κ1) is 10.4. The molecule has 5 nitrogen and oxygen atoms in total. The van der Waals surface area contributed by atoms with Crippen molar-refractivity contribution in [1.82, 2.24) is 9.78 Å². The number of aromatic nitrogens is 2. The van der Waals surface area contributed by atoms with E-state index in [1.807, 2.05) is 30.3 Å². The minimum atomic E-state index is 0.299. The molecule has 0 saturated carbocycles. The molecule has 84 valence electrons. The fourth-order valence-corrected chi connectivity index (χ4v) is 1.56. The molecule has 0 aliphatic rings. The molecule has 0 aliphatic heterocycles. The van der Waals surface area contributed by atoms with Crippen LogP contribution in [0.5, 0.6) is 5.88 Å². The van der Waals surface area contributed by atoms with Crippen LogP contribution < -0.4 is 16.2 Å². The van der Waals surface area contributed by atoms with Gasteiger partial charge in [0.05, 0.1) is 13.7 Å². The van der Waals surface area contributed by atoms with E-state index in [-0.39, 0.29) is 0 Å². The van der Waals surface area contributed by atoms with Crippen molar-refractivity contribution < 1.29 is 4.74 Å². The lowest BCUT2D eigenvalue weighted by Crippen LogP contribution is -2.04. The SMILES string of the molecule is COc1c(N)c(N)nn1Cc1ccccc1. The molecule has 1 aromatic heterocycles. The quantitative estimate of drug-likeness (QED) is 0.808. The number of nitrogen functional groups attached to an aromatic ring is 2. The van der Waals surface area contributed by atoms with E-state index in [9.17, 15) is 0 Å². The Morgan fingerprint density at radius 2 is 1.94 bits per heavy atom. The van der Waals surface area contributed by atoms with Crippen LogP contribution in [0.2, 0.25) is 0 Å². The molecule has 0 spiro atoms. The number of methoxy groups -OCH3 is 1. The minimum Gasteiger partial charge on any atom is -0.480 e. The first-order chi connectivity index (χ1) is 7.72. The maximum Gasteiger partial charge on any atom is 0.238 e. The van der Waals surface area contributed by atoms with Crippen molar-refractivity contribution in [3.63, 3.8) is 0 Å². The van der Waals surface area contributed by atoms with Crippen molar-refractivity contribution in [3.05, 3.63) is 35.9 Å². The van der Waals surface area contributed by atoms with E-state index in [0.29, 0.717) is 23.9 Å². The van der Waals surface area contributed by atoms with Crippen molar-refractivity contribution in [3.8, 4) is 5.88 Å². The van der Waals surface area contributed by atoms with E-state index in [2.05, 4.69) is 5.10 Å². The summed E-state index contributed by atoms with van der Waals surface area (Å²) in [5, 5.41) is 4.12. The van der Waals surface area contributed by atoms with Gasteiger partial charge in [-0.15, -0.1) is 5.10 Å². The fourth-order valence-electron chi connectivity index (χ4n) is 1.56. The molecule has 1 heterocycles. The molecule has 2 rings (SSSR count). The average Bonchev–Trinajstić information content (AvgIpc) is 2.56. The van der Waals surface area contributed by atoms with Crippen LogP contribution in [0.4, 0.5) is 11.5 Å². The van der Waals surface area contributed by atoms with E-state index in [4.69, 9.17) is 16.2 Å². The molecule has 0 radical (unpaired) electrons. The molecule has 0 unspecified atom stereocenters. The first-order valence-electron chi connectivity index (χ1n) is 4.92. The van der Waals surface area contributed by atoms with Crippen molar-refractivity contribution in [2.24, 2.45) is 0 Å². The third-order valence-electron chi connectivity index (χ3n) is 2.34. The molecule has 16 heavy (non-hydrogen) atoms. The Kier molecular flexibility index (Phi) is 2.68. The van der Waals surface area contributed by atoms with Crippen molar-refractivity contribution in [2.45, 2.75) is 6.54 Å². The van der Waals surface area contributed by atoms with Crippen LogP contribution in [-0.2, 0) is 6.54 Å². The highest BCUT2D eigenvalue weighted by atomic mass is 16.5. The number of hydrogen-bond acceptors (Lipinski definition) is 4. The van der Waals surface area contributed by atoms with E-state index < -0.39 is 0 Å². The first-order valence-corrected chi connectivity index (χ1v) is 4.92. The summed E-state index contributed by atoms with van der Waals surface area (Å²) >= 11 is 0. The topological polar surface area (TPSA) is 79.1 Å². The van der Waals surface area contributed by atoms with Crippen LogP contribution in [-0.4, -0.2) is 16.9 Å². The number of nitrogens with two attached hydrogens (primary N) is 2. The monoisotopic (exact) mass is 218 g/mol. The third kappa shape index (κ3) is 1.79. The van der Waals surface area contributed by atoms with Gasteiger partial charge < -0.3 is 16.2 Å². The Balaban J connectivity index is 2.31. The van der Waals surface area contributed by atoms with Gasteiger partial charge in [-0.1, -0.05) is 30.3 Å². The number of ether oxygens (including phenoxy) is 1. The van der Waals surface area contributed by atoms with Crippen molar-refractivity contribution >= 4 is 11.5 Å². The molecular formula is C11H14N4O. The molecule has 0 amide bonds. The Labute approximate surface area is 93.6 Å². The van der Waals surface area contributed by atoms with Gasteiger partial charge in [-0.3, -0.25) is 0 Å². The second-order valence-corrected chi connectivity index (χ2v) is 3.45. The number of nitrogens with zero attached hydrogens (tertiary/aromatic N) is 2. The zero-order valence-electron chi connectivity index (χ0n) is 9.05. The molecule has 0 fully saturated rings. The zero-order chi connectivity index (χ0) is 11.5. The van der Waals surface area contributed by atoms with Crippen LogP contribution in [0, 0.1) is 0 Å². The standard InChI is InChI=1S/C11H14N4O/c1-16-11-9(12)10(13)14-15(11)7-8-5-3-2-4-6-8/h2-6H,7,12H2,1H3,(H2,13,14). The molecule has 0 bridgehead atoms. The lowest BCUT2D eigenvalue weighted by molar-refractivity contribution is 0.368. The molecule has 5 heteroatoms. The normalized spacial score (nSPS) is 10.3. The lowest BCUT2D eigenvalue weighted by atomic mass is 10.2. The summed E-state index contributed by atoms with van der Waals surface area (Å²) in [4.78, 5) is 0. The van der Waals surface area contributed by atoms with Crippen LogP contribution in [0.25, 0.3) is 0 Å². The van der Waals surface area contributed by atoms with E-state index in [0.717, 1.165) is 5.56 Å². The van der Waals surface area contributed by atoms with Gasteiger partial charge in [0.1, 0.15) is 5.69 Å². The molecule has 2 aromatic rings. The smallest absolute Gasteiger partial charge is 0.238 e. The Morgan fingerprint density at radius 1 is 1.25 bits per heavy atom. The number of hydrogen-bond donors (Lipinski definition) is 2. The lowest BCUT2D eigenvalue weighted by Gasteiger charge is -2.06. The van der Waals surface area contributed by atoms with E-state index in [1.165, 1.54) is 0 Å². The summed E-state index contributed by atoms with van der Waals surface area (Å²) in [7, 11) is 1.55. The molecule has 0 aliphatic carbocycles. The van der Waals surface area contributed by atoms with E-state index >= 15 is 0 Å². The maximum absolute atomic E-state index is 5.73. The average molecular weight is 218 g/mol. The summed E-state index contributed by atoms with van der Waals surface area (Å²) in [5.74, 6) is 0.800. The van der Waals surface area contributed by atoms with Gasteiger partial charge in [0.25, 0.3) is 0 Å². The molecule has 0 saturated heterocycles. The second kappa shape index (κ2) is 4.14. The summed E-state index contributed by atoms with van der Waals surface area (Å²) < 4.78 is 6.82. The predicted molar refractivity (Wildman–Crippen MR) is 63.1 cm³/mol. The van der Waals surface area contributed by atoms with E-state index in [1.54, 1.807) is 11.8 Å². The van der Waals surface area contributed by atoms with Crippen LogP contribution in [0.1, 0.15) is 5.56 Å². The highest BCUT2D eigenvalue weighted by Gasteiger charge is 2.13. The van der Waals surface area contributed by atoms with Gasteiger partial charge in [-0.25, -0.2) is 4.68 Å². The summed E-state index contributed by atoms with van der Waals surface area (Å²) in [6, 6.07) is 9.92. The highest BCUT2D eigenvalue weighted by molar-refractivity contribution is 5.65. The van der Waals surface area contributed by atoms with Crippen molar-refractivity contribution in [1.29, 1.82) is 0 Å². The van der Waals surface area contributed by atoms with Crippen LogP contribution in [0.15, 0.2) is 30.3 Å². The van der Waals surface area contributed by atoms with Gasteiger partial charge in [0, 0.05) is 0 Å². The number of benzene rings is 1. The predicted octanol–water partition coefficient (Wildman–Crippen LogP) is 1.10. The maximum atomic E-state index is 5.73. The fraction of sp³-hybridized carbons (Fsp3) is 0.182. The zero-order valence-corrected chi connectivity index (χ0v) is 9.05. The van der Waals surface area contributed by atoms with Gasteiger partial charge in [0.15, 0.2) is 5.82 Å².